The lowest BCUT2D eigenvalue weighted by atomic mass is 10.3. The molecule has 21 heavy (non-hydrogen) atoms. The van der Waals surface area contributed by atoms with E-state index in [9.17, 15) is 9.59 Å². The Labute approximate surface area is 133 Å². The largest absolute Gasteiger partial charge is 0.354 e. The number of thiophene rings is 1. The number of nitrogens with zero attached hydrogens (tertiary/aromatic N) is 2. The number of nitrogens with one attached hydrogen (secondary N) is 1. The molecule has 114 valence electrons. The normalized spacial score (nSPS) is 15.6. The number of carbonyl (C=O) groups excluding carboxylic acids is 2. The Morgan fingerprint density at radius 2 is 2.38 bits per heavy atom. The summed E-state index contributed by atoms with van der Waals surface area (Å²) >= 11 is 7.38. The van der Waals surface area contributed by atoms with Crippen molar-refractivity contribution in [1.82, 2.24) is 15.1 Å². The molecule has 1 aromatic heterocycles. The molecule has 0 saturated carbocycles. The fourth-order valence-corrected chi connectivity index (χ4v) is 3.26. The number of carbonyl (C=O) groups is 2. The zero-order valence-corrected chi connectivity index (χ0v) is 13.3. The molecule has 1 aliphatic rings. The second-order valence-electron chi connectivity index (χ2n) is 4.83. The lowest BCUT2D eigenvalue weighted by Crippen LogP contribution is -2.51. The summed E-state index contributed by atoms with van der Waals surface area (Å²) in [7, 11) is 0. The quantitative estimate of drug-likeness (QED) is 0.802. The number of hydrogen-bond donors (Lipinski definition) is 1. The SMILES string of the molecule is C=CCN(Cc1ccc(Cl)s1)C(=O)CN1CCNC(=O)C1. The topological polar surface area (TPSA) is 52.7 Å². The molecule has 5 nitrogen and oxygen atoms in total. The van der Waals surface area contributed by atoms with E-state index in [1.807, 2.05) is 17.0 Å². The van der Waals surface area contributed by atoms with E-state index >= 15 is 0 Å². The maximum absolute atomic E-state index is 12.4. The van der Waals surface area contributed by atoms with E-state index < -0.39 is 0 Å². The molecule has 7 heteroatoms. The third-order valence-electron chi connectivity index (χ3n) is 3.15. The van der Waals surface area contributed by atoms with Crippen molar-refractivity contribution < 1.29 is 9.59 Å². The molecule has 0 aromatic carbocycles. The van der Waals surface area contributed by atoms with Gasteiger partial charge in [-0.05, 0) is 12.1 Å². The minimum absolute atomic E-state index is 0.00544. The minimum Gasteiger partial charge on any atom is -0.354 e. The van der Waals surface area contributed by atoms with E-state index in [0.29, 0.717) is 30.5 Å². The highest BCUT2D eigenvalue weighted by atomic mass is 35.5. The summed E-state index contributed by atoms with van der Waals surface area (Å²) < 4.78 is 0.712. The van der Waals surface area contributed by atoms with Crippen LogP contribution < -0.4 is 5.32 Å². The maximum atomic E-state index is 12.4. The average molecular weight is 328 g/mol. The first kappa shape index (κ1) is 16.0. The van der Waals surface area contributed by atoms with Crippen LogP contribution in [0.25, 0.3) is 0 Å². The number of amides is 2. The molecule has 2 heterocycles. The highest BCUT2D eigenvalue weighted by Crippen LogP contribution is 2.22. The van der Waals surface area contributed by atoms with Crippen molar-refractivity contribution in [1.29, 1.82) is 0 Å². The molecular formula is C14H18ClN3O2S. The lowest BCUT2D eigenvalue weighted by molar-refractivity contribution is -0.134. The molecule has 0 radical (unpaired) electrons. The zero-order chi connectivity index (χ0) is 15.2. The molecule has 1 saturated heterocycles. The first-order valence-electron chi connectivity index (χ1n) is 6.70. The molecule has 1 fully saturated rings. The third-order valence-corrected chi connectivity index (χ3v) is 4.37. The van der Waals surface area contributed by atoms with Gasteiger partial charge in [0.05, 0.1) is 24.0 Å². The van der Waals surface area contributed by atoms with Crippen molar-refractivity contribution in [2.24, 2.45) is 0 Å². The van der Waals surface area contributed by atoms with Crippen LogP contribution in [0.5, 0.6) is 0 Å². The van der Waals surface area contributed by atoms with Crippen LogP contribution in [-0.2, 0) is 16.1 Å². The van der Waals surface area contributed by atoms with E-state index in [-0.39, 0.29) is 24.9 Å². The number of rotatable bonds is 6. The summed E-state index contributed by atoms with van der Waals surface area (Å²) in [5.74, 6) is -0.0384. The van der Waals surface area contributed by atoms with Gasteiger partial charge in [-0.25, -0.2) is 0 Å². The van der Waals surface area contributed by atoms with E-state index in [4.69, 9.17) is 11.6 Å². The van der Waals surface area contributed by atoms with Crippen LogP contribution in [0.2, 0.25) is 4.34 Å². The van der Waals surface area contributed by atoms with Gasteiger partial charge in [0.2, 0.25) is 11.8 Å². The molecule has 1 aromatic rings. The van der Waals surface area contributed by atoms with Crippen molar-refractivity contribution in [2.75, 3.05) is 32.7 Å². The molecule has 2 rings (SSSR count). The van der Waals surface area contributed by atoms with E-state index in [1.54, 1.807) is 11.0 Å². The fraction of sp³-hybridized carbons (Fsp3) is 0.429. The molecule has 1 aliphatic heterocycles. The molecule has 2 amide bonds. The van der Waals surface area contributed by atoms with Crippen molar-refractivity contribution >= 4 is 34.8 Å². The van der Waals surface area contributed by atoms with Crippen LogP contribution in [0.4, 0.5) is 0 Å². The Bertz CT molecular complexity index is 532. The van der Waals surface area contributed by atoms with Gasteiger partial charge < -0.3 is 10.2 Å². The Morgan fingerprint density at radius 3 is 3.00 bits per heavy atom. The summed E-state index contributed by atoms with van der Waals surface area (Å²) in [6, 6.07) is 3.75. The first-order chi connectivity index (χ1) is 10.1. The highest BCUT2D eigenvalue weighted by Gasteiger charge is 2.21. The average Bonchev–Trinajstić information content (AvgIpc) is 2.84. The Balaban J connectivity index is 1.94. The predicted octanol–water partition coefficient (Wildman–Crippen LogP) is 1.35. The van der Waals surface area contributed by atoms with Gasteiger partial charge in [0.1, 0.15) is 0 Å². The Kier molecular flexibility index (Phi) is 5.78. The summed E-state index contributed by atoms with van der Waals surface area (Å²) in [6.45, 7) is 6.51. The molecule has 0 bridgehead atoms. The standard InChI is InChI=1S/C14H18ClN3O2S/c1-2-6-18(8-11-3-4-12(15)21-11)14(20)10-17-7-5-16-13(19)9-17/h2-4H,1,5-10H2,(H,16,19). The summed E-state index contributed by atoms with van der Waals surface area (Å²) in [5.41, 5.74) is 0. The second-order valence-corrected chi connectivity index (χ2v) is 6.63. The zero-order valence-electron chi connectivity index (χ0n) is 11.7. The van der Waals surface area contributed by atoms with Gasteiger partial charge in [0.25, 0.3) is 0 Å². The summed E-state index contributed by atoms with van der Waals surface area (Å²) in [5, 5.41) is 2.75. The molecular weight excluding hydrogens is 310 g/mol. The number of piperazine rings is 1. The van der Waals surface area contributed by atoms with Crippen LogP contribution in [0.1, 0.15) is 4.88 Å². The van der Waals surface area contributed by atoms with E-state index in [0.717, 1.165) is 4.88 Å². The van der Waals surface area contributed by atoms with Crippen molar-refractivity contribution in [3.05, 3.63) is 34.0 Å². The molecule has 0 unspecified atom stereocenters. The Morgan fingerprint density at radius 1 is 1.57 bits per heavy atom. The number of hydrogen-bond acceptors (Lipinski definition) is 4. The van der Waals surface area contributed by atoms with Crippen molar-refractivity contribution in [3.8, 4) is 0 Å². The van der Waals surface area contributed by atoms with Gasteiger partial charge in [-0.15, -0.1) is 17.9 Å². The van der Waals surface area contributed by atoms with Crippen LogP contribution in [-0.4, -0.2) is 54.3 Å². The molecule has 1 N–H and O–H groups in total. The predicted molar refractivity (Wildman–Crippen MR) is 84.4 cm³/mol. The highest BCUT2D eigenvalue weighted by molar-refractivity contribution is 7.16. The monoisotopic (exact) mass is 327 g/mol. The van der Waals surface area contributed by atoms with Gasteiger partial charge in [0.15, 0.2) is 0 Å². The third kappa shape index (κ3) is 4.84. The van der Waals surface area contributed by atoms with Crippen molar-refractivity contribution in [3.63, 3.8) is 0 Å². The van der Waals surface area contributed by atoms with Crippen LogP contribution in [0.15, 0.2) is 24.8 Å². The fourth-order valence-electron chi connectivity index (χ4n) is 2.15. The summed E-state index contributed by atoms with van der Waals surface area (Å²) in [4.78, 5) is 28.4. The van der Waals surface area contributed by atoms with Crippen LogP contribution >= 0.6 is 22.9 Å². The van der Waals surface area contributed by atoms with E-state index in [1.165, 1.54) is 11.3 Å². The molecule has 0 spiro atoms. The summed E-state index contributed by atoms with van der Waals surface area (Å²) in [6.07, 6.45) is 1.70. The first-order valence-corrected chi connectivity index (χ1v) is 7.90. The van der Waals surface area contributed by atoms with E-state index in [2.05, 4.69) is 11.9 Å². The van der Waals surface area contributed by atoms with Gasteiger partial charge >= 0.3 is 0 Å². The maximum Gasteiger partial charge on any atom is 0.237 e. The second kappa shape index (κ2) is 7.59. The van der Waals surface area contributed by atoms with Crippen LogP contribution in [0.3, 0.4) is 0 Å². The molecule has 0 aliphatic carbocycles. The van der Waals surface area contributed by atoms with Gasteiger partial charge in [-0.3, -0.25) is 14.5 Å². The van der Waals surface area contributed by atoms with Gasteiger partial charge in [-0.1, -0.05) is 17.7 Å². The minimum atomic E-state index is -0.0330. The Hall–Kier alpha value is -1.37. The van der Waals surface area contributed by atoms with Gasteiger partial charge in [-0.2, -0.15) is 0 Å². The smallest absolute Gasteiger partial charge is 0.237 e. The number of halogens is 1. The van der Waals surface area contributed by atoms with Crippen LogP contribution in [0, 0.1) is 0 Å². The van der Waals surface area contributed by atoms with Crippen molar-refractivity contribution in [2.45, 2.75) is 6.54 Å². The van der Waals surface area contributed by atoms with Gasteiger partial charge in [0, 0.05) is 24.5 Å². The molecule has 0 atom stereocenters. The lowest BCUT2D eigenvalue weighted by Gasteiger charge is -2.28.